The summed E-state index contributed by atoms with van der Waals surface area (Å²) in [5.74, 6) is 0.727. The minimum absolute atomic E-state index is 0.727. The van der Waals surface area contributed by atoms with E-state index in [1.165, 1.54) is 31.4 Å². The molecule has 0 aliphatic carbocycles. The molecule has 1 atom stereocenters. The molecule has 0 radical (unpaired) electrons. The Bertz CT molecular complexity index is 285. The van der Waals surface area contributed by atoms with Gasteiger partial charge in [0.2, 0.25) is 0 Å². The van der Waals surface area contributed by atoms with Crippen LogP contribution < -0.4 is 5.32 Å². The van der Waals surface area contributed by atoms with Crippen LogP contribution in [-0.4, -0.2) is 22.9 Å². The summed E-state index contributed by atoms with van der Waals surface area (Å²) in [5, 5.41) is 7.86. The summed E-state index contributed by atoms with van der Waals surface area (Å²) >= 11 is 0. The van der Waals surface area contributed by atoms with Crippen molar-refractivity contribution in [1.82, 2.24) is 15.1 Å². The van der Waals surface area contributed by atoms with E-state index in [1.807, 2.05) is 0 Å². The summed E-state index contributed by atoms with van der Waals surface area (Å²) < 4.78 is 2.08. The molecule has 1 aliphatic heterocycles. The number of nitrogens with one attached hydrogen (secondary N) is 1. The molecule has 0 saturated carbocycles. The van der Waals surface area contributed by atoms with Crippen molar-refractivity contribution < 1.29 is 0 Å². The second-order valence-electron chi connectivity index (χ2n) is 4.41. The molecule has 1 aliphatic rings. The van der Waals surface area contributed by atoms with Crippen LogP contribution in [0, 0.1) is 0 Å². The van der Waals surface area contributed by atoms with Gasteiger partial charge in [-0.25, -0.2) is 0 Å². The van der Waals surface area contributed by atoms with Gasteiger partial charge in [0.15, 0.2) is 0 Å². The smallest absolute Gasteiger partial charge is 0.0524 e. The SMILES string of the molecule is CCCn1cc(C2CCCNCC2)cn1. The van der Waals surface area contributed by atoms with Crippen molar-refractivity contribution in [2.75, 3.05) is 13.1 Å². The zero-order valence-corrected chi connectivity index (χ0v) is 9.58. The van der Waals surface area contributed by atoms with E-state index in [0.717, 1.165) is 25.4 Å². The summed E-state index contributed by atoms with van der Waals surface area (Å²) in [7, 11) is 0. The monoisotopic (exact) mass is 207 g/mol. The van der Waals surface area contributed by atoms with Crippen LogP contribution in [-0.2, 0) is 6.54 Å². The van der Waals surface area contributed by atoms with Gasteiger partial charge in [-0.2, -0.15) is 5.10 Å². The summed E-state index contributed by atoms with van der Waals surface area (Å²) in [6, 6.07) is 0. The Hall–Kier alpha value is -0.830. The number of aryl methyl sites for hydroxylation is 1. The second-order valence-corrected chi connectivity index (χ2v) is 4.41. The van der Waals surface area contributed by atoms with Crippen LogP contribution in [0.3, 0.4) is 0 Å². The summed E-state index contributed by atoms with van der Waals surface area (Å²) in [4.78, 5) is 0. The average Bonchev–Trinajstić information content (AvgIpc) is 2.53. The van der Waals surface area contributed by atoms with Gasteiger partial charge in [-0.15, -0.1) is 0 Å². The molecule has 2 heterocycles. The van der Waals surface area contributed by atoms with Gasteiger partial charge in [0, 0.05) is 12.7 Å². The van der Waals surface area contributed by atoms with Crippen LogP contribution in [0.25, 0.3) is 0 Å². The fourth-order valence-electron chi connectivity index (χ4n) is 2.29. The quantitative estimate of drug-likeness (QED) is 0.823. The molecule has 15 heavy (non-hydrogen) atoms. The van der Waals surface area contributed by atoms with Crippen LogP contribution >= 0.6 is 0 Å². The van der Waals surface area contributed by atoms with Gasteiger partial charge < -0.3 is 5.32 Å². The molecular weight excluding hydrogens is 186 g/mol. The highest BCUT2D eigenvalue weighted by Gasteiger charge is 2.15. The molecule has 0 aromatic carbocycles. The molecule has 1 saturated heterocycles. The Kier molecular flexibility index (Phi) is 3.78. The lowest BCUT2D eigenvalue weighted by molar-refractivity contribution is 0.591. The van der Waals surface area contributed by atoms with Gasteiger partial charge in [0.25, 0.3) is 0 Å². The molecule has 1 aromatic heterocycles. The topological polar surface area (TPSA) is 29.9 Å². The number of hydrogen-bond donors (Lipinski definition) is 1. The Morgan fingerprint density at radius 2 is 2.40 bits per heavy atom. The Labute approximate surface area is 91.9 Å². The molecule has 84 valence electrons. The second kappa shape index (κ2) is 5.31. The first-order valence-corrected chi connectivity index (χ1v) is 6.13. The van der Waals surface area contributed by atoms with E-state index in [-0.39, 0.29) is 0 Å². The Morgan fingerprint density at radius 1 is 1.47 bits per heavy atom. The molecular formula is C12H21N3. The zero-order valence-electron chi connectivity index (χ0n) is 9.58. The third-order valence-electron chi connectivity index (χ3n) is 3.15. The first kappa shape index (κ1) is 10.7. The molecule has 1 unspecified atom stereocenters. The molecule has 0 bridgehead atoms. The van der Waals surface area contributed by atoms with Crippen molar-refractivity contribution in [3.05, 3.63) is 18.0 Å². The van der Waals surface area contributed by atoms with Gasteiger partial charge in [-0.1, -0.05) is 6.92 Å². The fourth-order valence-corrected chi connectivity index (χ4v) is 2.29. The normalized spacial score (nSPS) is 22.6. The highest BCUT2D eigenvalue weighted by Crippen LogP contribution is 2.25. The molecule has 2 rings (SSSR count). The Balaban J connectivity index is 2.00. The van der Waals surface area contributed by atoms with Crippen LogP contribution in [0.5, 0.6) is 0 Å². The van der Waals surface area contributed by atoms with E-state index in [1.54, 1.807) is 0 Å². The number of hydrogen-bond acceptors (Lipinski definition) is 2. The molecule has 3 heteroatoms. The van der Waals surface area contributed by atoms with Crippen molar-refractivity contribution in [1.29, 1.82) is 0 Å². The fraction of sp³-hybridized carbons (Fsp3) is 0.750. The van der Waals surface area contributed by atoms with Gasteiger partial charge in [0.1, 0.15) is 0 Å². The highest BCUT2D eigenvalue weighted by molar-refractivity contribution is 5.11. The maximum absolute atomic E-state index is 4.41. The van der Waals surface area contributed by atoms with E-state index < -0.39 is 0 Å². The van der Waals surface area contributed by atoms with Gasteiger partial charge >= 0.3 is 0 Å². The minimum atomic E-state index is 0.727. The third kappa shape index (κ3) is 2.81. The molecule has 1 aromatic rings. The largest absolute Gasteiger partial charge is 0.317 e. The van der Waals surface area contributed by atoms with Crippen molar-refractivity contribution in [3.63, 3.8) is 0 Å². The molecule has 1 N–H and O–H groups in total. The predicted molar refractivity (Wildman–Crippen MR) is 62.0 cm³/mol. The van der Waals surface area contributed by atoms with E-state index in [2.05, 4.69) is 34.4 Å². The highest BCUT2D eigenvalue weighted by atomic mass is 15.3. The van der Waals surface area contributed by atoms with Crippen LogP contribution in [0.15, 0.2) is 12.4 Å². The molecule has 1 fully saturated rings. The van der Waals surface area contributed by atoms with Gasteiger partial charge in [-0.3, -0.25) is 4.68 Å². The predicted octanol–water partition coefficient (Wildman–Crippen LogP) is 2.15. The van der Waals surface area contributed by atoms with Gasteiger partial charge in [-0.05, 0) is 50.3 Å². The van der Waals surface area contributed by atoms with E-state index in [0.29, 0.717) is 0 Å². The molecule has 0 amide bonds. The van der Waals surface area contributed by atoms with Crippen molar-refractivity contribution in [2.24, 2.45) is 0 Å². The standard InChI is InChI=1S/C12H21N3/c1-2-8-15-10-12(9-14-15)11-4-3-6-13-7-5-11/h9-11,13H,2-8H2,1H3. The van der Waals surface area contributed by atoms with Crippen molar-refractivity contribution in [3.8, 4) is 0 Å². The summed E-state index contributed by atoms with van der Waals surface area (Å²) in [5.41, 5.74) is 1.44. The maximum Gasteiger partial charge on any atom is 0.0524 e. The van der Waals surface area contributed by atoms with E-state index in [4.69, 9.17) is 0 Å². The first-order valence-electron chi connectivity index (χ1n) is 6.13. The molecule has 3 nitrogen and oxygen atoms in total. The minimum Gasteiger partial charge on any atom is -0.317 e. The lowest BCUT2D eigenvalue weighted by Gasteiger charge is -2.10. The van der Waals surface area contributed by atoms with Crippen LogP contribution in [0.4, 0.5) is 0 Å². The van der Waals surface area contributed by atoms with E-state index >= 15 is 0 Å². The summed E-state index contributed by atoms with van der Waals surface area (Å²) in [6.07, 6.45) is 9.32. The van der Waals surface area contributed by atoms with Crippen LogP contribution in [0.2, 0.25) is 0 Å². The lowest BCUT2D eigenvalue weighted by atomic mass is 9.95. The number of rotatable bonds is 3. The molecule has 0 spiro atoms. The van der Waals surface area contributed by atoms with Gasteiger partial charge in [0.05, 0.1) is 6.20 Å². The zero-order chi connectivity index (χ0) is 10.5. The number of nitrogens with zero attached hydrogens (tertiary/aromatic N) is 2. The first-order chi connectivity index (χ1) is 7.40. The Morgan fingerprint density at radius 3 is 3.27 bits per heavy atom. The maximum atomic E-state index is 4.41. The lowest BCUT2D eigenvalue weighted by Crippen LogP contribution is -2.13. The number of aromatic nitrogens is 2. The summed E-state index contributed by atoms with van der Waals surface area (Å²) in [6.45, 7) is 5.57. The van der Waals surface area contributed by atoms with Crippen molar-refractivity contribution >= 4 is 0 Å². The van der Waals surface area contributed by atoms with Crippen LogP contribution in [0.1, 0.15) is 44.1 Å². The van der Waals surface area contributed by atoms with Crippen molar-refractivity contribution in [2.45, 2.75) is 45.1 Å². The van der Waals surface area contributed by atoms with E-state index in [9.17, 15) is 0 Å². The third-order valence-corrected chi connectivity index (χ3v) is 3.15. The average molecular weight is 207 g/mol.